The Morgan fingerprint density at radius 1 is 1.05 bits per heavy atom. The molecule has 3 nitrogen and oxygen atoms in total. The molecule has 0 atom stereocenters. The minimum Gasteiger partial charge on any atom is -0.338 e. The summed E-state index contributed by atoms with van der Waals surface area (Å²) in [5.74, 6) is -5.98. The van der Waals surface area contributed by atoms with Crippen LogP contribution in [-0.4, -0.2) is 42.3 Å². The number of hydrogen-bond donors (Lipinski definition) is 1. The van der Waals surface area contributed by atoms with Gasteiger partial charge in [-0.2, -0.15) is 26.3 Å². The van der Waals surface area contributed by atoms with E-state index in [1.54, 1.807) is 13.8 Å². The lowest BCUT2D eigenvalue weighted by atomic mass is 10.0. The Morgan fingerprint density at radius 2 is 1.45 bits per heavy atom. The van der Waals surface area contributed by atoms with Gasteiger partial charge in [-0.25, -0.2) is 0 Å². The van der Waals surface area contributed by atoms with Crippen LogP contribution in [0.2, 0.25) is 0 Å². The van der Waals surface area contributed by atoms with Gasteiger partial charge in [0.2, 0.25) is 11.8 Å². The summed E-state index contributed by atoms with van der Waals surface area (Å²) in [5.41, 5.74) is 5.18. The Labute approximate surface area is 113 Å². The van der Waals surface area contributed by atoms with E-state index in [9.17, 15) is 31.1 Å². The van der Waals surface area contributed by atoms with Crippen LogP contribution in [-0.2, 0) is 4.79 Å². The van der Waals surface area contributed by atoms with E-state index in [2.05, 4.69) is 0 Å². The maximum absolute atomic E-state index is 12.5. The largest absolute Gasteiger partial charge is 0.409 e. The molecule has 0 aliphatic heterocycles. The highest BCUT2D eigenvalue weighted by molar-refractivity contribution is 5.80. The van der Waals surface area contributed by atoms with Crippen LogP contribution < -0.4 is 5.73 Å². The molecular formula is C11H18F6N2O. The maximum atomic E-state index is 12.5. The fourth-order valence-corrected chi connectivity index (χ4v) is 1.97. The fraction of sp³-hybridized carbons (Fsp3) is 0.909. The van der Waals surface area contributed by atoms with Crippen molar-refractivity contribution in [2.75, 3.05) is 13.1 Å². The summed E-state index contributed by atoms with van der Waals surface area (Å²) in [4.78, 5) is 12.3. The zero-order chi connectivity index (χ0) is 16.1. The highest BCUT2D eigenvalue weighted by Gasteiger charge is 2.62. The molecule has 0 bridgehead atoms. The number of alkyl halides is 6. The van der Waals surface area contributed by atoms with Crippen LogP contribution in [0.1, 0.15) is 26.7 Å². The van der Waals surface area contributed by atoms with Gasteiger partial charge in [-0.15, -0.1) is 0 Å². The quantitative estimate of drug-likeness (QED) is 0.767. The molecule has 0 heterocycles. The van der Waals surface area contributed by atoms with Crippen LogP contribution in [0, 0.1) is 5.92 Å². The minimum atomic E-state index is -5.67. The molecule has 0 aromatic rings. The molecule has 0 aromatic carbocycles. The van der Waals surface area contributed by atoms with E-state index in [0.29, 0.717) is 4.90 Å². The number of carbonyl (C=O) groups excluding carboxylic acids is 1. The number of halogens is 6. The predicted molar refractivity (Wildman–Crippen MR) is 60.7 cm³/mol. The number of nitrogens with zero attached hydrogens (tertiary/aromatic N) is 1. The van der Waals surface area contributed by atoms with Gasteiger partial charge in [-0.1, -0.05) is 13.8 Å². The second-order valence-electron chi connectivity index (χ2n) is 4.31. The maximum Gasteiger partial charge on any atom is 0.409 e. The SMILES string of the molecule is CCC(CC)N(CCN)C(=O)C(C(F)(F)F)C(F)(F)F. The van der Waals surface area contributed by atoms with Crippen molar-refractivity contribution in [1.29, 1.82) is 0 Å². The predicted octanol–water partition coefficient (Wildman–Crippen LogP) is 2.70. The molecule has 0 unspecified atom stereocenters. The molecule has 0 aliphatic rings. The van der Waals surface area contributed by atoms with Gasteiger partial charge < -0.3 is 10.6 Å². The van der Waals surface area contributed by atoms with Crippen molar-refractivity contribution in [2.24, 2.45) is 11.7 Å². The van der Waals surface area contributed by atoms with Crippen LogP contribution in [0.25, 0.3) is 0 Å². The van der Waals surface area contributed by atoms with Crippen molar-refractivity contribution in [3.05, 3.63) is 0 Å². The van der Waals surface area contributed by atoms with Crippen LogP contribution in [0.3, 0.4) is 0 Å². The fourth-order valence-electron chi connectivity index (χ4n) is 1.97. The Balaban J connectivity index is 5.48. The molecule has 20 heavy (non-hydrogen) atoms. The molecule has 0 aliphatic carbocycles. The molecule has 0 aromatic heterocycles. The van der Waals surface area contributed by atoms with E-state index < -0.39 is 30.2 Å². The van der Waals surface area contributed by atoms with Gasteiger partial charge in [0, 0.05) is 19.1 Å². The van der Waals surface area contributed by atoms with E-state index in [1.165, 1.54) is 0 Å². The molecule has 2 N–H and O–H groups in total. The lowest BCUT2D eigenvalue weighted by molar-refractivity contribution is -0.278. The van der Waals surface area contributed by atoms with Crippen molar-refractivity contribution in [2.45, 2.75) is 45.1 Å². The van der Waals surface area contributed by atoms with Crippen LogP contribution >= 0.6 is 0 Å². The third-order valence-corrected chi connectivity index (χ3v) is 2.94. The van der Waals surface area contributed by atoms with Crippen molar-refractivity contribution in [1.82, 2.24) is 4.90 Å². The first-order chi connectivity index (χ1) is 9.00. The van der Waals surface area contributed by atoms with Gasteiger partial charge in [-0.05, 0) is 12.8 Å². The molecule has 0 radical (unpaired) electrons. The third kappa shape index (κ3) is 4.84. The average molecular weight is 308 g/mol. The Kier molecular flexibility index (Phi) is 6.79. The Bertz CT molecular complexity index is 297. The second-order valence-corrected chi connectivity index (χ2v) is 4.31. The summed E-state index contributed by atoms with van der Waals surface area (Å²) in [6, 6.07) is -0.696. The average Bonchev–Trinajstić information content (AvgIpc) is 2.25. The van der Waals surface area contributed by atoms with Gasteiger partial charge in [0.25, 0.3) is 0 Å². The first-order valence-corrected chi connectivity index (χ1v) is 6.14. The monoisotopic (exact) mass is 308 g/mol. The molecule has 120 valence electrons. The molecular weight excluding hydrogens is 290 g/mol. The summed E-state index contributed by atoms with van der Waals surface area (Å²) in [6.45, 7) is 2.63. The molecule has 0 rings (SSSR count). The summed E-state index contributed by atoms with van der Waals surface area (Å²) in [5, 5.41) is 0. The highest BCUT2D eigenvalue weighted by atomic mass is 19.4. The van der Waals surface area contributed by atoms with Crippen LogP contribution in [0.15, 0.2) is 0 Å². The number of hydrogen-bond acceptors (Lipinski definition) is 2. The first-order valence-electron chi connectivity index (χ1n) is 6.14. The summed E-state index contributed by atoms with van der Waals surface area (Å²) in [6.07, 6.45) is -10.8. The lowest BCUT2D eigenvalue weighted by Gasteiger charge is -2.34. The van der Waals surface area contributed by atoms with Crippen molar-refractivity contribution < 1.29 is 31.1 Å². The van der Waals surface area contributed by atoms with Gasteiger partial charge in [0.05, 0.1) is 0 Å². The first kappa shape index (κ1) is 19.0. The molecule has 1 amide bonds. The van der Waals surface area contributed by atoms with Crippen LogP contribution in [0.5, 0.6) is 0 Å². The zero-order valence-corrected chi connectivity index (χ0v) is 11.2. The van der Waals surface area contributed by atoms with E-state index in [-0.39, 0.29) is 25.9 Å². The number of amides is 1. The molecule has 9 heteroatoms. The van der Waals surface area contributed by atoms with E-state index >= 15 is 0 Å². The Hall–Kier alpha value is -0.990. The highest BCUT2D eigenvalue weighted by Crippen LogP contribution is 2.40. The van der Waals surface area contributed by atoms with Gasteiger partial charge in [-0.3, -0.25) is 4.79 Å². The number of nitrogens with two attached hydrogens (primary N) is 1. The standard InChI is InChI=1S/C11H18F6N2O/c1-3-7(4-2)19(6-5-18)9(20)8(10(12,13)14)11(15,16)17/h7-8H,3-6,18H2,1-2H3. The van der Waals surface area contributed by atoms with E-state index in [4.69, 9.17) is 5.73 Å². The number of carbonyl (C=O) groups is 1. The molecule has 0 saturated carbocycles. The van der Waals surface area contributed by atoms with Gasteiger partial charge in [0.1, 0.15) is 0 Å². The molecule has 0 fully saturated rings. The molecule has 0 spiro atoms. The smallest absolute Gasteiger partial charge is 0.338 e. The van der Waals surface area contributed by atoms with Crippen molar-refractivity contribution >= 4 is 5.91 Å². The topological polar surface area (TPSA) is 46.3 Å². The Morgan fingerprint density at radius 3 is 1.70 bits per heavy atom. The summed E-state index contributed by atoms with van der Waals surface area (Å²) < 4.78 is 75.2. The molecule has 0 saturated heterocycles. The normalized spacial score (nSPS) is 13.2. The second kappa shape index (κ2) is 7.14. The van der Waals surface area contributed by atoms with Crippen molar-refractivity contribution in [3.8, 4) is 0 Å². The van der Waals surface area contributed by atoms with Crippen LogP contribution in [0.4, 0.5) is 26.3 Å². The minimum absolute atomic E-state index is 0.204. The lowest BCUT2D eigenvalue weighted by Crippen LogP contribution is -2.53. The van der Waals surface area contributed by atoms with E-state index in [1.807, 2.05) is 0 Å². The third-order valence-electron chi connectivity index (χ3n) is 2.94. The van der Waals surface area contributed by atoms with Crippen molar-refractivity contribution in [3.63, 3.8) is 0 Å². The summed E-state index contributed by atoms with van der Waals surface area (Å²) in [7, 11) is 0. The van der Waals surface area contributed by atoms with Gasteiger partial charge >= 0.3 is 12.4 Å². The van der Waals surface area contributed by atoms with Gasteiger partial charge in [0.15, 0.2) is 0 Å². The zero-order valence-electron chi connectivity index (χ0n) is 11.2. The van der Waals surface area contributed by atoms with E-state index in [0.717, 1.165) is 0 Å². The summed E-state index contributed by atoms with van der Waals surface area (Å²) >= 11 is 0. The number of rotatable bonds is 6.